The zero-order valence-corrected chi connectivity index (χ0v) is 17.1. The topological polar surface area (TPSA) is 120 Å². The highest BCUT2D eigenvalue weighted by atomic mass is 16.4. The summed E-state index contributed by atoms with van der Waals surface area (Å²) in [6.45, 7) is 0.506. The Morgan fingerprint density at radius 2 is 1.62 bits per heavy atom. The third kappa shape index (κ3) is 6.81. The Bertz CT molecular complexity index is 1110. The fraction of sp³-hybridized carbons (Fsp3) is 0.0833. The van der Waals surface area contributed by atoms with Crippen LogP contribution in [0, 0.1) is 0 Å². The van der Waals surface area contributed by atoms with E-state index in [2.05, 4.69) is 20.9 Å². The fourth-order valence-corrected chi connectivity index (χ4v) is 2.86. The third-order valence-corrected chi connectivity index (χ3v) is 4.45. The van der Waals surface area contributed by atoms with Crippen LogP contribution in [0.4, 0.5) is 16.2 Å². The van der Waals surface area contributed by atoms with Crippen molar-refractivity contribution in [1.82, 2.24) is 10.3 Å². The molecule has 3 rings (SSSR count). The summed E-state index contributed by atoms with van der Waals surface area (Å²) in [7, 11) is 0. The molecule has 0 saturated heterocycles. The van der Waals surface area contributed by atoms with Gasteiger partial charge in [0, 0.05) is 30.6 Å². The molecule has 0 aliphatic carbocycles. The number of hydrogen-bond donors (Lipinski definition) is 4. The van der Waals surface area contributed by atoms with E-state index in [1.165, 1.54) is 6.08 Å². The lowest BCUT2D eigenvalue weighted by atomic mass is 10.1. The number of hydrogen-bond acceptors (Lipinski definition) is 4. The molecule has 32 heavy (non-hydrogen) atoms. The van der Waals surface area contributed by atoms with Gasteiger partial charge in [-0.1, -0.05) is 30.3 Å². The Balaban J connectivity index is 1.52. The molecule has 0 radical (unpaired) electrons. The van der Waals surface area contributed by atoms with Crippen LogP contribution >= 0.6 is 0 Å². The summed E-state index contributed by atoms with van der Waals surface area (Å²) in [4.78, 5) is 39.4. The molecule has 1 aromatic heterocycles. The molecule has 0 atom stereocenters. The van der Waals surface area contributed by atoms with Gasteiger partial charge in [0.05, 0.1) is 11.4 Å². The summed E-state index contributed by atoms with van der Waals surface area (Å²) >= 11 is 0. The predicted molar refractivity (Wildman–Crippen MR) is 122 cm³/mol. The number of amides is 3. The monoisotopic (exact) mass is 430 g/mol. The maximum absolute atomic E-state index is 12.5. The lowest BCUT2D eigenvalue weighted by Gasteiger charge is -2.10. The first kappa shape index (κ1) is 22.2. The average molecular weight is 430 g/mol. The van der Waals surface area contributed by atoms with E-state index in [9.17, 15) is 14.4 Å². The highest BCUT2D eigenvalue weighted by molar-refractivity contribution is 6.06. The van der Waals surface area contributed by atoms with Crippen molar-refractivity contribution in [1.29, 1.82) is 0 Å². The van der Waals surface area contributed by atoms with Crippen LogP contribution in [0.3, 0.4) is 0 Å². The summed E-state index contributed by atoms with van der Waals surface area (Å²) < 4.78 is 0. The second-order valence-corrected chi connectivity index (χ2v) is 6.79. The maximum Gasteiger partial charge on any atom is 0.409 e. The number of carboxylic acid groups (broad SMARTS) is 1. The van der Waals surface area contributed by atoms with Gasteiger partial charge >= 0.3 is 6.09 Å². The second kappa shape index (κ2) is 11.1. The van der Waals surface area contributed by atoms with E-state index in [1.807, 2.05) is 12.1 Å². The van der Waals surface area contributed by atoms with Crippen molar-refractivity contribution in [3.63, 3.8) is 0 Å². The molecule has 8 heteroatoms. The van der Waals surface area contributed by atoms with E-state index in [4.69, 9.17) is 5.11 Å². The minimum Gasteiger partial charge on any atom is -0.465 e. The second-order valence-electron chi connectivity index (χ2n) is 6.79. The number of para-hydroxylation sites is 2. The van der Waals surface area contributed by atoms with Crippen molar-refractivity contribution in [3.8, 4) is 0 Å². The van der Waals surface area contributed by atoms with Crippen molar-refractivity contribution in [2.45, 2.75) is 6.42 Å². The molecule has 0 aliphatic heterocycles. The molecule has 2 aromatic carbocycles. The molecule has 0 bridgehead atoms. The Labute approximate surface area is 185 Å². The largest absolute Gasteiger partial charge is 0.465 e. The molecule has 1 heterocycles. The highest BCUT2D eigenvalue weighted by Gasteiger charge is 2.10. The zero-order chi connectivity index (χ0) is 22.8. The number of carbonyl (C=O) groups excluding carboxylic acids is 2. The summed E-state index contributed by atoms with van der Waals surface area (Å²) in [5.41, 5.74) is 2.84. The Hall–Kier alpha value is -4.46. The van der Waals surface area contributed by atoms with E-state index in [1.54, 1.807) is 67.0 Å². The standard InChI is InChI=1S/C24H22N4O4/c29-22(26-15-13-18-4-3-14-25-16-18)12-9-17-7-10-19(11-8-17)23(30)27-20-5-1-2-6-21(20)28-24(31)32/h1-12,14,16,28H,13,15H2,(H,26,29)(H,27,30)(H,31,32). The highest BCUT2D eigenvalue weighted by Crippen LogP contribution is 2.21. The first-order valence-electron chi connectivity index (χ1n) is 9.86. The first-order valence-corrected chi connectivity index (χ1v) is 9.86. The van der Waals surface area contributed by atoms with Crippen LogP contribution in [0.1, 0.15) is 21.5 Å². The maximum atomic E-state index is 12.5. The molecule has 0 unspecified atom stereocenters. The number of pyridine rings is 1. The van der Waals surface area contributed by atoms with Gasteiger partial charge in [0.15, 0.2) is 0 Å². The van der Waals surface area contributed by atoms with Crippen molar-refractivity contribution in [2.24, 2.45) is 0 Å². The lowest BCUT2D eigenvalue weighted by molar-refractivity contribution is -0.116. The summed E-state index contributed by atoms with van der Waals surface area (Å²) in [5.74, 6) is -0.591. The van der Waals surface area contributed by atoms with Gasteiger partial charge in [-0.2, -0.15) is 0 Å². The molecule has 0 fully saturated rings. The molecule has 4 N–H and O–H groups in total. The minimum atomic E-state index is -1.22. The van der Waals surface area contributed by atoms with Crippen molar-refractivity contribution >= 4 is 35.4 Å². The van der Waals surface area contributed by atoms with Crippen molar-refractivity contribution < 1.29 is 19.5 Å². The van der Waals surface area contributed by atoms with E-state index in [0.29, 0.717) is 24.2 Å². The van der Waals surface area contributed by atoms with Crippen LogP contribution in [-0.2, 0) is 11.2 Å². The normalized spacial score (nSPS) is 10.5. The van der Waals surface area contributed by atoms with Crippen LogP contribution in [0.5, 0.6) is 0 Å². The van der Waals surface area contributed by atoms with Crippen LogP contribution in [0.2, 0.25) is 0 Å². The quantitative estimate of drug-likeness (QED) is 0.405. The minimum absolute atomic E-state index is 0.210. The SMILES string of the molecule is O=C(O)Nc1ccccc1NC(=O)c1ccc(C=CC(=O)NCCc2cccnc2)cc1. The smallest absolute Gasteiger partial charge is 0.409 e. The molecule has 0 aliphatic rings. The molecular weight excluding hydrogens is 408 g/mol. The zero-order valence-electron chi connectivity index (χ0n) is 17.1. The van der Waals surface area contributed by atoms with E-state index in [0.717, 1.165) is 11.1 Å². The summed E-state index contributed by atoms with van der Waals surface area (Å²) in [6, 6.07) is 17.0. The molecule has 3 amide bonds. The number of rotatable bonds is 8. The molecule has 3 aromatic rings. The van der Waals surface area contributed by atoms with Crippen LogP contribution < -0.4 is 16.0 Å². The molecule has 8 nitrogen and oxygen atoms in total. The Kier molecular flexibility index (Phi) is 7.69. The predicted octanol–water partition coefficient (Wildman–Crippen LogP) is 3.80. The van der Waals surface area contributed by atoms with Gasteiger partial charge in [-0.3, -0.25) is 19.9 Å². The van der Waals surface area contributed by atoms with Gasteiger partial charge in [0.2, 0.25) is 5.91 Å². The fourth-order valence-electron chi connectivity index (χ4n) is 2.86. The van der Waals surface area contributed by atoms with Gasteiger partial charge in [-0.25, -0.2) is 4.79 Å². The Morgan fingerprint density at radius 3 is 2.28 bits per heavy atom. The number of nitrogens with one attached hydrogen (secondary N) is 3. The lowest BCUT2D eigenvalue weighted by Crippen LogP contribution is -2.23. The van der Waals surface area contributed by atoms with Crippen molar-refractivity contribution in [2.75, 3.05) is 17.2 Å². The number of nitrogens with zero attached hydrogens (tertiary/aromatic N) is 1. The van der Waals surface area contributed by atoms with E-state index >= 15 is 0 Å². The van der Waals surface area contributed by atoms with Gasteiger partial charge < -0.3 is 15.7 Å². The van der Waals surface area contributed by atoms with E-state index in [-0.39, 0.29) is 17.5 Å². The molecular formula is C24H22N4O4. The summed E-state index contributed by atoms with van der Waals surface area (Å²) in [6.07, 6.45) is 6.04. The molecule has 162 valence electrons. The van der Waals surface area contributed by atoms with Gasteiger partial charge in [-0.15, -0.1) is 0 Å². The third-order valence-electron chi connectivity index (χ3n) is 4.45. The van der Waals surface area contributed by atoms with Gasteiger partial charge in [-0.05, 0) is 54.0 Å². The van der Waals surface area contributed by atoms with Crippen LogP contribution in [0.15, 0.2) is 79.1 Å². The number of carbonyl (C=O) groups is 3. The van der Waals surface area contributed by atoms with Crippen LogP contribution in [0.25, 0.3) is 6.08 Å². The van der Waals surface area contributed by atoms with Crippen LogP contribution in [-0.4, -0.2) is 34.5 Å². The van der Waals surface area contributed by atoms with Gasteiger partial charge in [0.25, 0.3) is 5.91 Å². The number of benzene rings is 2. The van der Waals surface area contributed by atoms with Crippen molar-refractivity contribution in [3.05, 3.63) is 95.8 Å². The summed E-state index contributed by atoms with van der Waals surface area (Å²) in [5, 5.41) is 16.6. The first-order chi connectivity index (χ1) is 15.5. The number of aromatic nitrogens is 1. The van der Waals surface area contributed by atoms with E-state index < -0.39 is 6.09 Å². The molecule has 0 saturated carbocycles. The molecule has 0 spiro atoms. The average Bonchev–Trinajstić information content (AvgIpc) is 2.80. The Morgan fingerprint density at radius 1 is 0.906 bits per heavy atom. The van der Waals surface area contributed by atoms with Gasteiger partial charge in [0.1, 0.15) is 0 Å². The number of anilines is 2.